The molecule has 1 aliphatic heterocycles. The molecule has 3 fully saturated rings. The van der Waals surface area contributed by atoms with Crippen LogP contribution in [0.2, 0.25) is 0 Å². The van der Waals surface area contributed by atoms with E-state index in [1.807, 2.05) is 0 Å². The van der Waals surface area contributed by atoms with Crippen LogP contribution in [-0.4, -0.2) is 57.8 Å². The highest BCUT2D eigenvalue weighted by atomic mass is 16.6. The molecule has 2 heterocycles. The van der Waals surface area contributed by atoms with Gasteiger partial charge in [-0.25, -0.2) is 0 Å². The fourth-order valence-electron chi connectivity index (χ4n) is 6.63. The lowest BCUT2D eigenvalue weighted by atomic mass is 9.40. The minimum absolute atomic E-state index is 0.0892. The van der Waals surface area contributed by atoms with Gasteiger partial charge in [-0.2, -0.15) is 0 Å². The highest BCUT2D eigenvalue weighted by Gasteiger charge is 2.76. The molecule has 0 aromatic carbocycles. The molecule has 2 aliphatic carbocycles. The number of ether oxygens (including phenoxy) is 2. The molecular formula is C22H30O8. The fraction of sp³-hybridized carbons (Fsp3) is 0.727. The molecule has 8 nitrogen and oxygen atoms in total. The largest absolute Gasteiger partial charge is 0.472 e. The maximum absolute atomic E-state index is 12.8. The predicted octanol–water partition coefficient (Wildman–Crippen LogP) is 1.35. The van der Waals surface area contributed by atoms with Crippen LogP contribution in [-0.2, 0) is 25.5 Å². The second kappa shape index (κ2) is 7.07. The Bertz CT molecular complexity index is 821. The van der Waals surface area contributed by atoms with Crippen molar-refractivity contribution in [1.82, 2.24) is 0 Å². The number of hydrogen-bond donors (Lipinski definition) is 3. The Hall–Kier alpha value is -1.90. The van der Waals surface area contributed by atoms with E-state index in [1.54, 1.807) is 19.3 Å². The van der Waals surface area contributed by atoms with Crippen molar-refractivity contribution in [3.8, 4) is 0 Å². The van der Waals surface area contributed by atoms with Crippen LogP contribution in [0.3, 0.4) is 0 Å². The average Bonchev–Trinajstić information content (AvgIpc) is 3.21. The summed E-state index contributed by atoms with van der Waals surface area (Å²) < 4.78 is 16.3. The summed E-state index contributed by atoms with van der Waals surface area (Å²) in [6.07, 6.45) is 4.39. The monoisotopic (exact) mass is 422 g/mol. The molecule has 0 amide bonds. The normalized spacial score (nSPS) is 42.9. The summed E-state index contributed by atoms with van der Waals surface area (Å²) in [7, 11) is 0. The molecule has 1 aromatic rings. The highest BCUT2D eigenvalue weighted by Crippen LogP contribution is 2.67. The van der Waals surface area contributed by atoms with E-state index in [-0.39, 0.29) is 25.4 Å². The van der Waals surface area contributed by atoms with Gasteiger partial charge in [-0.3, -0.25) is 9.59 Å². The summed E-state index contributed by atoms with van der Waals surface area (Å²) in [5, 5.41) is 33.9. The van der Waals surface area contributed by atoms with Crippen molar-refractivity contribution >= 4 is 11.9 Å². The predicted molar refractivity (Wildman–Crippen MR) is 103 cm³/mol. The number of hydrogen-bond acceptors (Lipinski definition) is 8. The maximum atomic E-state index is 12.8. The van der Waals surface area contributed by atoms with E-state index < -0.39 is 46.6 Å². The van der Waals surface area contributed by atoms with Crippen LogP contribution in [0.1, 0.15) is 51.5 Å². The van der Waals surface area contributed by atoms with Crippen LogP contribution in [0.4, 0.5) is 0 Å². The fourth-order valence-corrected chi connectivity index (χ4v) is 6.63. The number of rotatable bonds is 5. The van der Waals surface area contributed by atoms with E-state index in [0.29, 0.717) is 25.7 Å². The van der Waals surface area contributed by atoms with Crippen molar-refractivity contribution in [3.63, 3.8) is 0 Å². The van der Waals surface area contributed by atoms with Crippen molar-refractivity contribution < 1.29 is 38.8 Å². The van der Waals surface area contributed by atoms with Gasteiger partial charge in [-0.05, 0) is 44.2 Å². The summed E-state index contributed by atoms with van der Waals surface area (Å²) in [4.78, 5) is 24.7. The van der Waals surface area contributed by atoms with Crippen molar-refractivity contribution in [2.45, 2.75) is 69.7 Å². The lowest BCUT2D eigenvalue weighted by Gasteiger charge is -2.69. The SMILES string of the molecule is CC(=O)O[C@@H]1C[C@@](O)(CO)[C@](O)(CCc2ccoc2)[C@]23CCC[C@](C)(C(=O)OC2)[C@@H]13. The first-order valence-corrected chi connectivity index (χ1v) is 10.5. The first kappa shape index (κ1) is 21.3. The second-order valence-corrected chi connectivity index (χ2v) is 9.51. The number of furan rings is 1. The Morgan fingerprint density at radius 1 is 1.33 bits per heavy atom. The van der Waals surface area contributed by atoms with Gasteiger partial charge in [0.1, 0.15) is 23.9 Å². The van der Waals surface area contributed by atoms with Crippen LogP contribution in [0.25, 0.3) is 0 Å². The van der Waals surface area contributed by atoms with Gasteiger partial charge in [0.2, 0.25) is 0 Å². The van der Waals surface area contributed by atoms with Gasteiger partial charge in [-0.1, -0.05) is 6.42 Å². The number of cyclic esters (lactones) is 1. The molecule has 8 heteroatoms. The van der Waals surface area contributed by atoms with Gasteiger partial charge in [0, 0.05) is 24.7 Å². The van der Waals surface area contributed by atoms with Crippen molar-refractivity contribution in [2.75, 3.05) is 13.2 Å². The summed E-state index contributed by atoms with van der Waals surface area (Å²) in [6, 6.07) is 1.78. The molecule has 2 saturated carbocycles. The molecule has 30 heavy (non-hydrogen) atoms. The van der Waals surface area contributed by atoms with Gasteiger partial charge >= 0.3 is 11.9 Å². The van der Waals surface area contributed by atoms with Crippen LogP contribution in [0, 0.1) is 16.7 Å². The maximum Gasteiger partial charge on any atom is 0.312 e. The van der Waals surface area contributed by atoms with E-state index >= 15 is 0 Å². The Balaban J connectivity index is 1.84. The third-order valence-electron chi connectivity index (χ3n) is 7.97. The molecule has 2 bridgehead atoms. The molecule has 1 aromatic heterocycles. The van der Waals surface area contributed by atoms with Gasteiger partial charge in [0.25, 0.3) is 0 Å². The Labute approximate surface area is 175 Å². The van der Waals surface area contributed by atoms with Gasteiger partial charge < -0.3 is 29.2 Å². The molecule has 166 valence electrons. The average molecular weight is 422 g/mol. The van der Waals surface area contributed by atoms with Crippen LogP contribution >= 0.6 is 0 Å². The molecule has 4 rings (SSSR count). The summed E-state index contributed by atoms with van der Waals surface area (Å²) in [5.41, 5.74) is -4.82. The summed E-state index contributed by atoms with van der Waals surface area (Å²) in [5.74, 6) is -1.42. The second-order valence-electron chi connectivity index (χ2n) is 9.51. The topological polar surface area (TPSA) is 126 Å². The molecule has 3 N–H and O–H groups in total. The zero-order valence-electron chi connectivity index (χ0n) is 17.4. The first-order valence-electron chi connectivity index (χ1n) is 10.5. The smallest absolute Gasteiger partial charge is 0.312 e. The van der Waals surface area contributed by atoms with Gasteiger partial charge in [-0.15, -0.1) is 0 Å². The third-order valence-corrected chi connectivity index (χ3v) is 7.97. The molecule has 6 atom stereocenters. The Kier molecular flexibility index (Phi) is 5.03. The van der Waals surface area contributed by atoms with Gasteiger partial charge in [0.15, 0.2) is 0 Å². The zero-order valence-corrected chi connectivity index (χ0v) is 17.4. The standard InChI is InChI=1S/C22H30O8/c1-14(24)30-16-10-21(26,12-23)22(27,8-4-15-5-9-28-11-15)20-7-3-6-19(2,17(16)20)18(25)29-13-20/h5,9,11,16-17,23,26-27H,3-4,6-8,10,12-13H2,1-2H3/t16-,17-,19+,20-,21-,22+/m1/s1. The highest BCUT2D eigenvalue weighted by molar-refractivity contribution is 5.79. The Morgan fingerprint density at radius 3 is 2.73 bits per heavy atom. The van der Waals surface area contributed by atoms with E-state index in [2.05, 4.69) is 0 Å². The van der Waals surface area contributed by atoms with Crippen LogP contribution in [0.15, 0.2) is 23.0 Å². The Morgan fingerprint density at radius 2 is 2.10 bits per heavy atom. The van der Waals surface area contributed by atoms with Crippen LogP contribution in [0.5, 0.6) is 0 Å². The summed E-state index contributed by atoms with van der Waals surface area (Å²) >= 11 is 0. The number of carbonyl (C=O) groups is 2. The molecule has 1 saturated heterocycles. The molecule has 0 spiro atoms. The molecule has 0 unspecified atom stereocenters. The minimum Gasteiger partial charge on any atom is -0.472 e. The number of esters is 2. The number of aryl methyl sites for hydroxylation is 1. The lowest BCUT2D eigenvalue weighted by Crippen LogP contribution is -2.79. The number of aliphatic hydroxyl groups excluding tert-OH is 1. The van der Waals surface area contributed by atoms with E-state index in [1.165, 1.54) is 13.2 Å². The number of aliphatic hydroxyl groups is 3. The number of carbonyl (C=O) groups excluding carboxylic acids is 2. The first-order chi connectivity index (χ1) is 14.1. The lowest BCUT2D eigenvalue weighted by molar-refractivity contribution is -0.337. The van der Waals surface area contributed by atoms with E-state index in [9.17, 15) is 24.9 Å². The van der Waals surface area contributed by atoms with E-state index in [0.717, 1.165) is 5.56 Å². The quantitative estimate of drug-likeness (QED) is 0.607. The van der Waals surface area contributed by atoms with Gasteiger partial charge in [0.05, 0.1) is 24.5 Å². The third kappa shape index (κ3) is 2.77. The van der Waals surface area contributed by atoms with Crippen molar-refractivity contribution in [3.05, 3.63) is 24.2 Å². The summed E-state index contributed by atoms with van der Waals surface area (Å²) in [6.45, 7) is 2.28. The van der Waals surface area contributed by atoms with Crippen molar-refractivity contribution in [2.24, 2.45) is 16.7 Å². The molecule has 0 radical (unpaired) electrons. The van der Waals surface area contributed by atoms with Crippen molar-refractivity contribution in [1.29, 1.82) is 0 Å². The molecule has 3 aliphatic rings. The molecular weight excluding hydrogens is 392 g/mol. The van der Waals surface area contributed by atoms with Crippen LogP contribution < -0.4 is 0 Å². The minimum atomic E-state index is -1.92. The van der Waals surface area contributed by atoms with E-state index in [4.69, 9.17) is 13.9 Å². The zero-order chi connectivity index (χ0) is 21.8.